The van der Waals surface area contributed by atoms with Crippen molar-refractivity contribution in [3.8, 4) is 0 Å². The predicted molar refractivity (Wildman–Crippen MR) is 88.6 cm³/mol. The number of thioether (sulfide) groups is 1. The molecule has 0 aromatic heterocycles. The second-order valence-electron chi connectivity index (χ2n) is 5.60. The summed E-state index contributed by atoms with van der Waals surface area (Å²) >= 11 is 7.53. The second-order valence-corrected chi connectivity index (χ2v) is 7.02. The smallest absolute Gasteiger partial charge is 0.230 e. The molecule has 1 aliphatic rings. The van der Waals surface area contributed by atoms with Crippen molar-refractivity contribution in [3.05, 3.63) is 34.9 Å². The van der Waals surface area contributed by atoms with Crippen LogP contribution in [0.25, 0.3) is 0 Å². The van der Waals surface area contributed by atoms with E-state index in [1.54, 1.807) is 11.8 Å². The SMILES string of the molecule is O=C(CSCc1cccc(Cl)c1)NCC1CCC(O)CC1. The molecule has 0 spiro atoms. The molecule has 0 atom stereocenters. The van der Waals surface area contributed by atoms with Gasteiger partial charge in [0.15, 0.2) is 0 Å². The molecule has 5 heteroatoms. The maximum atomic E-state index is 11.8. The molecule has 1 aromatic carbocycles. The summed E-state index contributed by atoms with van der Waals surface area (Å²) in [6.07, 6.45) is 3.62. The van der Waals surface area contributed by atoms with E-state index in [9.17, 15) is 9.90 Å². The number of carbonyl (C=O) groups excluding carboxylic acids is 1. The van der Waals surface area contributed by atoms with Gasteiger partial charge >= 0.3 is 0 Å². The molecule has 0 aliphatic heterocycles. The van der Waals surface area contributed by atoms with E-state index in [1.165, 1.54) is 0 Å². The largest absolute Gasteiger partial charge is 0.393 e. The van der Waals surface area contributed by atoms with Crippen molar-refractivity contribution in [2.75, 3.05) is 12.3 Å². The first kappa shape index (κ1) is 16.7. The Hall–Kier alpha value is -0.710. The summed E-state index contributed by atoms with van der Waals surface area (Å²) < 4.78 is 0. The molecular formula is C16H22ClNO2S. The Morgan fingerprint density at radius 3 is 2.81 bits per heavy atom. The van der Waals surface area contributed by atoms with Gasteiger partial charge in [-0.1, -0.05) is 23.7 Å². The van der Waals surface area contributed by atoms with Gasteiger partial charge in [-0.2, -0.15) is 0 Å². The first-order valence-electron chi connectivity index (χ1n) is 7.40. The summed E-state index contributed by atoms with van der Waals surface area (Å²) in [5, 5.41) is 13.2. The molecule has 1 aliphatic carbocycles. The van der Waals surface area contributed by atoms with Gasteiger partial charge in [-0.25, -0.2) is 0 Å². The minimum Gasteiger partial charge on any atom is -0.393 e. The van der Waals surface area contributed by atoms with Gasteiger partial charge in [-0.3, -0.25) is 4.79 Å². The third-order valence-electron chi connectivity index (χ3n) is 3.80. The average molecular weight is 328 g/mol. The Morgan fingerprint density at radius 1 is 1.33 bits per heavy atom. The van der Waals surface area contributed by atoms with E-state index >= 15 is 0 Å². The standard InChI is InChI=1S/C16H22ClNO2S/c17-14-3-1-2-13(8-14)10-21-11-16(20)18-9-12-4-6-15(19)7-5-12/h1-3,8,12,15,19H,4-7,9-11H2,(H,18,20). The summed E-state index contributed by atoms with van der Waals surface area (Å²) in [5.41, 5.74) is 1.14. The molecule has 0 saturated heterocycles. The lowest BCUT2D eigenvalue weighted by molar-refractivity contribution is -0.118. The van der Waals surface area contributed by atoms with Crippen molar-refractivity contribution in [1.82, 2.24) is 5.32 Å². The maximum absolute atomic E-state index is 11.8. The molecular weight excluding hydrogens is 306 g/mol. The number of rotatable bonds is 6. The van der Waals surface area contributed by atoms with Crippen molar-refractivity contribution in [2.24, 2.45) is 5.92 Å². The van der Waals surface area contributed by atoms with Crippen LogP contribution in [0.5, 0.6) is 0 Å². The van der Waals surface area contributed by atoms with Crippen LogP contribution < -0.4 is 5.32 Å². The fraction of sp³-hybridized carbons (Fsp3) is 0.562. The lowest BCUT2D eigenvalue weighted by Crippen LogP contribution is -2.33. The summed E-state index contributed by atoms with van der Waals surface area (Å²) in [5.74, 6) is 1.88. The van der Waals surface area contributed by atoms with Crippen LogP contribution in [-0.2, 0) is 10.5 Å². The summed E-state index contributed by atoms with van der Waals surface area (Å²) in [4.78, 5) is 11.8. The summed E-state index contributed by atoms with van der Waals surface area (Å²) in [6, 6.07) is 7.73. The summed E-state index contributed by atoms with van der Waals surface area (Å²) in [6.45, 7) is 0.739. The number of aliphatic hydroxyl groups is 1. The summed E-state index contributed by atoms with van der Waals surface area (Å²) in [7, 11) is 0. The number of amides is 1. The van der Waals surface area contributed by atoms with Gasteiger partial charge in [0.1, 0.15) is 0 Å². The topological polar surface area (TPSA) is 49.3 Å². The number of nitrogens with one attached hydrogen (secondary N) is 1. The number of benzene rings is 1. The zero-order valence-electron chi connectivity index (χ0n) is 12.1. The molecule has 0 heterocycles. The van der Waals surface area contributed by atoms with Crippen molar-refractivity contribution in [3.63, 3.8) is 0 Å². The van der Waals surface area contributed by atoms with E-state index in [4.69, 9.17) is 11.6 Å². The third-order valence-corrected chi connectivity index (χ3v) is 5.03. The van der Waals surface area contributed by atoms with Gasteiger partial charge in [-0.05, 0) is 49.3 Å². The predicted octanol–water partition coefficient (Wildman–Crippen LogP) is 3.24. The van der Waals surface area contributed by atoms with Crippen LogP contribution >= 0.6 is 23.4 Å². The van der Waals surface area contributed by atoms with Crippen LogP contribution in [0.2, 0.25) is 5.02 Å². The Kier molecular flexibility index (Phi) is 6.87. The molecule has 0 bridgehead atoms. The fourth-order valence-electron chi connectivity index (χ4n) is 2.55. The molecule has 21 heavy (non-hydrogen) atoms. The minimum absolute atomic E-state index is 0.0909. The molecule has 2 rings (SSSR count). The first-order chi connectivity index (χ1) is 10.1. The maximum Gasteiger partial charge on any atom is 0.230 e. The van der Waals surface area contributed by atoms with Gasteiger partial charge in [0.25, 0.3) is 0 Å². The van der Waals surface area contributed by atoms with Crippen LogP contribution in [0.15, 0.2) is 24.3 Å². The molecule has 3 nitrogen and oxygen atoms in total. The van der Waals surface area contributed by atoms with Crippen LogP contribution in [0.4, 0.5) is 0 Å². The van der Waals surface area contributed by atoms with Crippen LogP contribution in [0, 0.1) is 5.92 Å². The van der Waals surface area contributed by atoms with E-state index in [1.807, 2.05) is 24.3 Å². The molecule has 1 amide bonds. The van der Waals surface area contributed by atoms with E-state index in [0.29, 0.717) is 11.7 Å². The van der Waals surface area contributed by atoms with Crippen molar-refractivity contribution >= 4 is 29.3 Å². The van der Waals surface area contributed by atoms with Gasteiger partial charge in [0, 0.05) is 17.3 Å². The van der Waals surface area contributed by atoms with Crippen LogP contribution in [0.3, 0.4) is 0 Å². The highest BCUT2D eigenvalue weighted by Crippen LogP contribution is 2.23. The van der Waals surface area contributed by atoms with Crippen molar-refractivity contribution < 1.29 is 9.90 Å². The highest BCUT2D eigenvalue weighted by Gasteiger charge is 2.19. The molecule has 2 N–H and O–H groups in total. The minimum atomic E-state index is -0.134. The van der Waals surface area contributed by atoms with Gasteiger partial charge in [-0.15, -0.1) is 11.8 Å². The molecule has 0 unspecified atom stereocenters. The van der Waals surface area contributed by atoms with Gasteiger partial charge in [0.05, 0.1) is 11.9 Å². The number of halogens is 1. The Bertz CT molecular complexity index is 461. The molecule has 0 radical (unpaired) electrons. The lowest BCUT2D eigenvalue weighted by atomic mass is 9.87. The van der Waals surface area contributed by atoms with Crippen LogP contribution in [0.1, 0.15) is 31.2 Å². The highest BCUT2D eigenvalue weighted by molar-refractivity contribution is 7.99. The number of hydrogen-bond acceptors (Lipinski definition) is 3. The van der Waals surface area contributed by atoms with E-state index in [0.717, 1.165) is 48.6 Å². The van der Waals surface area contributed by atoms with Crippen molar-refractivity contribution in [2.45, 2.75) is 37.5 Å². The van der Waals surface area contributed by atoms with E-state index in [2.05, 4.69) is 5.32 Å². The van der Waals surface area contributed by atoms with E-state index in [-0.39, 0.29) is 12.0 Å². The number of hydrogen-bond donors (Lipinski definition) is 2. The van der Waals surface area contributed by atoms with Gasteiger partial charge in [0.2, 0.25) is 5.91 Å². The average Bonchev–Trinajstić information content (AvgIpc) is 2.47. The van der Waals surface area contributed by atoms with Crippen LogP contribution in [-0.4, -0.2) is 29.4 Å². The molecule has 1 saturated carbocycles. The Morgan fingerprint density at radius 2 is 2.10 bits per heavy atom. The zero-order chi connectivity index (χ0) is 15.1. The molecule has 1 fully saturated rings. The quantitative estimate of drug-likeness (QED) is 0.843. The monoisotopic (exact) mass is 327 g/mol. The highest BCUT2D eigenvalue weighted by atomic mass is 35.5. The molecule has 1 aromatic rings. The molecule has 116 valence electrons. The van der Waals surface area contributed by atoms with Gasteiger partial charge < -0.3 is 10.4 Å². The zero-order valence-corrected chi connectivity index (χ0v) is 13.6. The number of carbonyl (C=O) groups is 1. The first-order valence-corrected chi connectivity index (χ1v) is 8.93. The number of aliphatic hydroxyl groups excluding tert-OH is 1. The Balaban J connectivity index is 1.59. The fourth-order valence-corrected chi connectivity index (χ4v) is 3.56. The Labute approximate surface area is 135 Å². The third kappa shape index (κ3) is 6.29. The van der Waals surface area contributed by atoms with Crippen molar-refractivity contribution in [1.29, 1.82) is 0 Å². The normalized spacial score (nSPS) is 22.0. The second kappa shape index (κ2) is 8.66. The lowest BCUT2D eigenvalue weighted by Gasteiger charge is -2.25. The van der Waals surface area contributed by atoms with E-state index < -0.39 is 0 Å².